The van der Waals surface area contributed by atoms with Gasteiger partial charge in [0.15, 0.2) is 0 Å². The lowest BCUT2D eigenvalue weighted by atomic mass is 10.2. The number of para-hydroxylation sites is 1. The number of carbonyl (C=O) groups is 1. The van der Waals surface area contributed by atoms with Gasteiger partial charge < -0.3 is 24.5 Å². The molecule has 25 heavy (non-hydrogen) atoms. The average molecular weight is 341 g/mol. The van der Waals surface area contributed by atoms with Crippen LogP contribution in [0.5, 0.6) is 0 Å². The first-order valence-corrected chi connectivity index (χ1v) is 8.35. The van der Waals surface area contributed by atoms with Gasteiger partial charge in [-0.25, -0.2) is 9.78 Å². The number of fused-ring (bicyclic) bond motifs is 1. The lowest BCUT2D eigenvalue weighted by Gasteiger charge is -2.07. The molecule has 7 heteroatoms. The van der Waals surface area contributed by atoms with Gasteiger partial charge in [-0.1, -0.05) is 18.2 Å². The summed E-state index contributed by atoms with van der Waals surface area (Å²) in [6, 6.07) is 7.82. The lowest BCUT2D eigenvalue weighted by molar-refractivity contribution is 0.188. The van der Waals surface area contributed by atoms with Crippen molar-refractivity contribution in [3.05, 3.63) is 49.2 Å². The van der Waals surface area contributed by atoms with Gasteiger partial charge in [-0.2, -0.15) is 0 Å². The largest absolute Gasteiger partial charge is 0.383 e. The van der Waals surface area contributed by atoms with Crippen LogP contribution < -0.4 is 10.6 Å². The molecule has 0 aliphatic rings. The fourth-order valence-corrected chi connectivity index (χ4v) is 2.77. The van der Waals surface area contributed by atoms with Crippen LogP contribution in [-0.4, -0.2) is 40.4 Å². The van der Waals surface area contributed by atoms with Gasteiger partial charge in [0, 0.05) is 50.7 Å². The van der Waals surface area contributed by atoms with Gasteiger partial charge in [-0.15, -0.1) is 0 Å². The molecule has 0 atom stereocenters. The van der Waals surface area contributed by atoms with E-state index < -0.39 is 0 Å². The molecule has 0 saturated heterocycles. The highest BCUT2D eigenvalue weighted by Crippen LogP contribution is 2.25. The zero-order chi connectivity index (χ0) is 17.5. The van der Waals surface area contributed by atoms with Crippen molar-refractivity contribution in [1.82, 2.24) is 19.4 Å². The topological polar surface area (TPSA) is 73.1 Å². The lowest BCUT2D eigenvalue weighted by Crippen LogP contribution is -2.29. The highest BCUT2D eigenvalue weighted by atomic mass is 16.5. The van der Waals surface area contributed by atoms with Crippen LogP contribution in [0, 0.1) is 0 Å². The van der Waals surface area contributed by atoms with E-state index in [1.54, 1.807) is 19.6 Å². The Balaban J connectivity index is 1.57. The number of nitrogens with one attached hydrogen (secondary N) is 2. The number of hydrogen-bond acceptors (Lipinski definition) is 3. The van der Waals surface area contributed by atoms with Crippen molar-refractivity contribution in [3.63, 3.8) is 0 Å². The van der Waals surface area contributed by atoms with Gasteiger partial charge in [0.05, 0.1) is 24.1 Å². The number of imidazole rings is 1. The van der Waals surface area contributed by atoms with E-state index in [9.17, 15) is 4.79 Å². The minimum atomic E-state index is -0.194. The second-order valence-electron chi connectivity index (χ2n) is 5.78. The monoisotopic (exact) mass is 341 g/mol. The van der Waals surface area contributed by atoms with Crippen molar-refractivity contribution in [2.75, 3.05) is 25.6 Å². The molecule has 2 amide bonds. The Labute approximate surface area is 146 Å². The van der Waals surface area contributed by atoms with Crippen molar-refractivity contribution in [2.24, 2.45) is 0 Å². The van der Waals surface area contributed by atoms with E-state index in [0.717, 1.165) is 36.1 Å². The van der Waals surface area contributed by atoms with Crippen LogP contribution in [0.4, 0.5) is 10.5 Å². The highest BCUT2D eigenvalue weighted by Gasteiger charge is 2.10. The maximum absolute atomic E-state index is 12.2. The highest BCUT2D eigenvalue weighted by molar-refractivity contribution is 6.01. The molecule has 132 valence electrons. The Morgan fingerprint density at radius 3 is 2.96 bits per heavy atom. The summed E-state index contributed by atoms with van der Waals surface area (Å²) in [6.45, 7) is 2.80. The number of aryl methyl sites for hydroxylation is 1. The fourth-order valence-electron chi connectivity index (χ4n) is 2.77. The second kappa shape index (κ2) is 8.34. The number of nitrogens with zero attached hydrogens (tertiary/aromatic N) is 3. The summed E-state index contributed by atoms with van der Waals surface area (Å²) in [4.78, 5) is 16.2. The number of hydrogen-bond donors (Lipinski definition) is 2. The van der Waals surface area contributed by atoms with E-state index in [1.807, 2.05) is 41.2 Å². The fraction of sp³-hybridized carbons (Fsp3) is 0.333. The van der Waals surface area contributed by atoms with E-state index in [-0.39, 0.29) is 6.03 Å². The summed E-state index contributed by atoms with van der Waals surface area (Å²) in [5.74, 6) is 0. The third-order valence-corrected chi connectivity index (χ3v) is 4.01. The molecule has 0 saturated carbocycles. The standard InChI is InChI=1S/C18H23N5O2/c1-25-12-11-23-13-16(15-5-2-3-6-17(15)23)21-18(24)20-7-4-9-22-10-8-19-14-22/h2-3,5-6,8,10,13-14H,4,7,9,11-12H2,1H3,(H2,20,21,24). The number of carbonyl (C=O) groups excluding carboxylic acids is 1. The van der Waals surface area contributed by atoms with Crippen LogP contribution in [0.25, 0.3) is 10.9 Å². The molecule has 2 N–H and O–H groups in total. The van der Waals surface area contributed by atoms with Crippen molar-refractivity contribution >= 4 is 22.6 Å². The molecule has 0 radical (unpaired) electrons. The van der Waals surface area contributed by atoms with Gasteiger partial charge in [-0.05, 0) is 12.5 Å². The average Bonchev–Trinajstić information content (AvgIpc) is 3.26. The maximum Gasteiger partial charge on any atom is 0.319 e. The number of urea groups is 1. The van der Waals surface area contributed by atoms with E-state index in [2.05, 4.69) is 20.2 Å². The summed E-state index contributed by atoms with van der Waals surface area (Å²) >= 11 is 0. The minimum absolute atomic E-state index is 0.194. The number of amides is 2. The van der Waals surface area contributed by atoms with E-state index in [4.69, 9.17) is 4.74 Å². The molecular formula is C18H23N5O2. The third kappa shape index (κ3) is 4.39. The molecule has 0 aliphatic heterocycles. The smallest absolute Gasteiger partial charge is 0.319 e. The molecule has 3 aromatic rings. The van der Waals surface area contributed by atoms with E-state index in [1.165, 1.54) is 0 Å². The van der Waals surface area contributed by atoms with Crippen LogP contribution in [0.15, 0.2) is 49.2 Å². The molecule has 0 fully saturated rings. The van der Waals surface area contributed by atoms with Crippen molar-refractivity contribution in [1.29, 1.82) is 0 Å². The number of benzene rings is 1. The molecule has 1 aromatic carbocycles. The van der Waals surface area contributed by atoms with Crippen molar-refractivity contribution < 1.29 is 9.53 Å². The Morgan fingerprint density at radius 2 is 2.16 bits per heavy atom. The predicted octanol–water partition coefficient (Wildman–Crippen LogP) is 2.70. The number of methoxy groups -OCH3 is 1. The zero-order valence-corrected chi connectivity index (χ0v) is 14.3. The number of aromatic nitrogens is 3. The number of ether oxygens (including phenoxy) is 1. The molecular weight excluding hydrogens is 318 g/mol. The minimum Gasteiger partial charge on any atom is -0.383 e. The Bertz CT molecular complexity index is 810. The molecule has 2 aromatic heterocycles. The first kappa shape index (κ1) is 17.0. The van der Waals surface area contributed by atoms with Gasteiger partial charge >= 0.3 is 6.03 Å². The second-order valence-corrected chi connectivity index (χ2v) is 5.78. The molecule has 3 rings (SSSR count). The van der Waals surface area contributed by atoms with Crippen LogP contribution in [0.3, 0.4) is 0 Å². The molecule has 2 heterocycles. The summed E-state index contributed by atoms with van der Waals surface area (Å²) in [7, 11) is 1.68. The quantitative estimate of drug-likeness (QED) is 0.619. The van der Waals surface area contributed by atoms with Gasteiger partial charge in [-0.3, -0.25) is 0 Å². The van der Waals surface area contributed by atoms with Crippen LogP contribution in [0.2, 0.25) is 0 Å². The number of rotatable bonds is 8. The summed E-state index contributed by atoms with van der Waals surface area (Å²) in [6.07, 6.45) is 8.23. The number of anilines is 1. The molecule has 0 aliphatic carbocycles. The van der Waals surface area contributed by atoms with E-state index in [0.29, 0.717) is 13.2 Å². The van der Waals surface area contributed by atoms with Gasteiger partial charge in [0.1, 0.15) is 0 Å². The van der Waals surface area contributed by atoms with E-state index >= 15 is 0 Å². The summed E-state index contributed by atoms with van der Waals surface area (Å²) < 4.78 is 9.23. The predicted molar refractivity (Wildman–Crippen MR) is 97.7 cm³/mol. The summed E-state index contributed by atoms with van der Waals surface area (Å²) in [5.41, 5.74) is 1.88. The first-order chi connectivity index (χ1) is 12.3. The van der Waals surface area contributed by atoms with Gasteiger partial charge in [0.2, 0.25) is 0 Å². The van der Waals surface area contributed by atoms with Gasteiger partial charge in [0.25, 0.3) is 0 Å². The molecule has 0 bridgehead atoms. The third-order valence-electron chi connectivity index (χ3n) is 4.01. The van der Waals surface area contributed by atoms with Crippen molar-refractivity contribution in [2.45, 2.75) is 19.5 Å². The summed E-state index contributed by atoms with van der Waals surface area (Å²) in [5, 5.41) is 6.86. The molecule has 0 spiro atoms. The Kier molecular flexibility index (Phi) is 5.69. The molecule has 7 nitrogen and oxygen atoms in total. The van der Waals surface area contributed by atoms with Crippen LogP contribution in [0.1, 0.15) is 6.42 Å². The first-order valence-electron chi connectivity index (χ1n) is 8.35. The van der Waals surface area contributed by atoms with Crippen molar-refractivity contribution in [3.8, 4) is 0 Å². The SMILES string of the molecule is COCCn1cc(NC(=O)NCCCn2ccnc2)c2ccccc21. The Hall–Kier alpha value is -2.80. The zero-order valence-electron chi connectivity index (χ0n) is 14.3. The maximum atomic E-state index is 12.2. The Morgan fingerprint density at radius 1 is 1.28 bits per heavy atom. The molecule has 0 unspecified atom stereocenters. The van der Waals surface area contributed by atoms with Crippen LogP contribution >= 0.6 is 0 Å². The van der Waals surface area contributed by atoms with Crippen LogP contribution in [-0.2, 0) is 17.8 Å². The normalized spacial score (nSPS) is 10.9.